The summed E-state index contributed by atoms with van der Waals surface area (Å²) in [5, 5.41) is 3.60. The molecule has 4 heteroatoms. The molecule has 1 atom stereocenters. The first-order valence-electron chi connectivity index (χ1n) is 7.31. The molecule has 1 aromatic rings. The van der Waals surface area contributed by atoms with E-state index in [1.807, 2.05) is 32.0 Å². The molecule has 1 rings (SSSR count). The summed E-state index contributed by atoms with van der Waals surface area (Å²) in [6.45, 7) is 9.89. The van der Waals surface area contributed by atoms with Crippen LogP contribution in [0.5, 0.6) is 0 Å². The van der Waals surface area contributed by atoms with E-state index >= 15 is 0 Å². The highest BCUT2D eigenvalue weighted by atomic mass is 28.4. The van der Waals surface area contributed by atoms with Crippen LogP contribution in [0.1, 0.15) is 34.1 Å². The highest BCUT2D eigenvalue weighted by Gasteiger charge is 2.43. The number of hydrogen-bond donors (Lipinski definition) is 1. The van der Waals surface area contributed by atoms with Crippen molar-refractivity contribution in [1.82, 2.24) is 0 Å². The third kappa shape index (κ3) is 4.33. The molecule has 19 heavy (non-hydrogen) atoms. The van der Waals surface area contributed by atoms with Gasteiger partial charge in [0.05, 0.1) is 5.67 Å². The quantitative estimate of drug-likeness (QED) is 0.695. The van der Waals surface area contributed by atoms with Gasteiger partial charge in [-0.3, -0.25) is 0 Å². The van der Waals surface area contributed by atoms with E-state index < -0.39 is 8.56 Å². The normalized spacial score (nSPS) is 13.3. The van der Waals surface area contributed by atoms with Crippen LogP contribution in [0.4, 0.5) is 5.69 Å². The molecule has 0 aromatic heterocycles. The number of benzene rings is 1. The fraction of sp³-hybridized carbons (Fsp3) is 0.600. The molecule has 108 valence electrons. The first kappa shape index (κ1) is 16.2. The SMILES string of the molecule is CCO[Si](CC)(OCC)C(CC)Nc1ccccc1. The van der Waals surface area contributed by atoms with Gasteiger partial charge in [0, 0.05) is 18.9 Å². The molecule has 1 aromatic carbocycles. The van der Waals surface area contributed by atoms with Crippen molar-refractivity contribution < 1.29 is 8.85 Å². The molecule has 0 aliphatic heterocycles. The zero-order valence-electron chi connectivity index (χ0n) is 12.6. The van der Waals surface area contributed by atoms with Crippen LogP contribution in [0.3, 0.4) is 0 Å². The number of hydrogen-bond acceptors (Lipinski definition) is 3. The van der Waals surface area contributed by atoms with Crippen LogP contribution in [-0.4, -0.2) is 27.4 Å². The standard InChI is InChI=1S/C15H27NO2Si/c1-5-15(16-14-12-10-9-11-13-14)19(8-4,17-6-2)18-7-3/h9-13,15-16H,5-8H2,1-4H3. The molecule has 0 saturated heterocycles. The van der Waals surface area contributed by atoms with Crippen molar-refractivity contribution in [1.29, 1.82) is 0 Å². The van der Waals surface area contributed by atoms with Crippen molar-refractivity contribution >= 4 is 14.2 Å². The predicted molar refractivity (Wildman–Crippen MR) is 83.6 cm³/mol. The molecule has 0 radical (unpaired) electrons. The van der Waals surface area contributed by atoms with Crippen molar-refractivity contribution in [3.8, 4) is 0 Å². The van der Waals surface area contributed by atoms with E-state index in [2.05, 4.69) is 31.3 Å². The van der Waals surface area contributed by atoms with Crippen LogP contribution in [0.25, 0.3) is 0 Å². The monoisotopic (exact) mass is 281 g/mol. The maximum Gasteiger partial charge on any atom is 0.360 e. The zero-order valence-corrected chi connectivity index (χ0v) is 13.6. The Balaban J connectivity index is 2.89. The fourth-order valence-corrected chi connectivity index (χ4v) is 5.81. The number of rotatable bonds is 9. The number of nitrogens with one attached hydrogen (secondary N) is 1. The average Bonchev–Trinajstić information content (AvgIpc) is 2.45. The highest BCUT2D eigenvalue weighted by Crippen LogP contribution is 2.24. The van der Waals surface area contributed by atoms with Crippen molar-refractivity contribution in [2.45, 2.75) is 45.8 Å². The van der Waals surface area contributed by atoms with Gasteiger partial charge in [-0.15, -0.1) is 0 Å². The summed E-state index contributed by atoms with van der Waals surface area (Å²) in [5.74, 6) is 0. The Kier molecular flexibility index (Phi) is 7.13. The second-order valence-corrected chi connectivity index (χ2v) is 8.11. The fourth-order valence-electron chi connectivity index (χ4n) is 2.44. The summed E-state index contributed by atoms with van der Waals surface area (Å²) >= 11 is 0. The van der Waals surface area contributed by atoms with Gasteiger partial charge in [-0.05, 0) is 38.4 Å². The maximum absolute atomic E-state index is 6.10. The van der Waals surface area contributed by atoms with Gasteiger partial charge in [0.15, 0.2) is 0 Å². The largest absolute Gasteiger partial charge is 0.393 e. The van der Waals surface area contributed by atoms with Crippen LogP contribution in [0, 0.1) is 0 Å². The minimum atomic E-state index is -2.19. The zero-order chi connectivity index (χ0) is 14.1. The van der Waals surface area contributed by atoms with E-state index in [0.717, 1.165) is 18.2 Å². The Morgan fingerprint density at radius 3 is 2.00 bits per heavy atom. The first-order valence-corrected chi connectivity index (χ1v) is 9.41. The van der Waals surface area contributed by atoms with E-state index in [4.69, 9.17) is 8.85 Å². The van der Waals surface area contributed by atoms with Gasteiger partial charge < -0.3 is 14.2 Å². The van der Waals surface area contributed by atoms with Crippen LogP contribution in [-0.2, 0) is 8.85 Å². The van der Waals surface area contributed by atoms with Crippen molar-refractivity contribution in [3.63, 3.8) is 0 Å². The summed E-state index contributed by atoms with van der Waals surface area (Å²) in [6.07, 6.45) is 1.01. The summed E-state index contributed by atoms with van der Waals surface area (Å²) in [4.78, 5) is 0. The summed E-state index contributed by atoms with van der Waals surface area (Å²) in [7, 11) is -2.19. The Bertz CT molecular complexity index is 339. The number of anilines is 1. The van der Waals surface area contributed by atoms with Gasteiger partial charge >= 0.3 is 8.56 Å². The van der Waals surface area contributed by atoms with Gasteiger partial charge in [0.1, 0.15) is 0 Å². The van der Waals surface area contributed by atoms with Crippen molar-refractivity contribution in [2.75, 3.05) is 18.5 Å². The van der Waals surface area contributed by atoms with E-state index in [9.17, 15) is 0 Å². The maximum atomic E-state index is 6.10. The van der Waals surface area contributed by atoms with Gasteiger partial charge in [0.2, 0.25) is 0 Å². The number of para-hydroxylation sites is 1. The van der Waals surface area contributed by atoms with E-state index in [-0.39, 0.29) is 5.67 Å². The topological polar surface area (TPSA) is 30.5 Å². The molecule has 0 aliphatic carbocycles. The highest BCUT2D eigenvalue weighted by molar-refractivity contribution is 6.69. The van der Waals surface area contributed by atoms with Crippen molar-refractivity contribution in [2.24, 2.45) is 0 Å². The molecule has 1 N–H and O–H groups in total. The summed E-state index contributed by atoms with van der Waals surface area (Å²) in [5.41, 5.74) is 1.42. The van der Waals surface area contributed by atoms with E-state index in [0.29, 0.717) is 13.2 Å². The third-order valence-corrected chi connectivity index (χ3v) is 7.48. The molecule has 0 amide bonds. The van der Waals surface area contributed by atoms with Crippen molar-refractivity contribution in [3.05, 3.63) is 30.3 Å². The lowest BCUT2D eigenvalue weighted by molar-refractivity contribution is 0.175. The Hall–Kier alpha value is -0.843. The average molecular weight is 281 g/mol. The molecule has 0 spiro atoms. The molecule has 0 fully saturated rings. The van der Waals surface area contributed by atoms with Gasteiger partial charge in [-0.1, -0.05) is 32.0 Å². The summed E-state index contributed by atoms with van der Waals surface area (Å²) in [6, 6.07) is 11.3. The Morgan fingerprint density at radius 2 is 1.58 bits per heavy atom. The van der Waals surface area contributed by atoms with Crippen LogP contribution in [0.15, 0.2) is 30.3 Å². The molecule has 3 nitrogen and oxygen atoms in total. The molecule has 0 bridgehead atoms. The van der Waals surface area contributed by atoms with Gasteiger partial charge in [-0.25, -0.2) is 0 Å². The molecule has 0 heterocycles. The lowest BCUT2D eigenvalue weighted by Crippen LogP contribution is -2.56. The summed E-state index contributed by atoms with van der Waals surface area (Å²) < 4.78 is 12.2. The van der Waals surface area contributed by atoms with Crippen LogP contribution in [0.2, 0.25) is 6.04 Å². The van der Waals surface area contributed by atoms with Gasteiger partial charge in [-0.2, -0.15) is 0 Å². The minimum Gasteiger partial charge on any atom is -0.393 e. The predicted octanol–water partition coefficient (Wildman–Crippen LogP) is 3.95. The van der Waals surface area contributed by atoms with E-state index in [1.165, 1.54) is 0 Å². The first-order chi connectivity index (χ1) is 9.22. The second kappa shape index (κ2) is 8.35. The molecule has 1 unspecified atom stereocenters. The minimum absolute atomic E-state index is 0.278. The molecular weight excluding hydrogens is 254 g/mol. The molecule has 0 aliphatic rings. The molecular formula is C15H27NO2Si. The Morgan fingerprint density at radius 1 is 1.00 bits per heavy atom. The molecule has 0 saturated carbocycles. The second-order valence-electron chi connectivity index (χ2n) is 4.50. The van der Waals surface area contributed by atoms with Crippen LogP contribution >= 0.6 is 0 Å². The smallest absolute Gasteiger partial charge is 0.360 e. The van der Waals surface area contributed by atoms with E-state index in [1.54, 1.807) is 0 Å². The lowest BCUT2D eigenvalue weighted by atomic mass is 10.3. The van der Waals surface area contributed by atoms with Crippen LogP contribution < -0.4 is 5.32 Å². The Labute approximate surface area is 118 Å². The lowest BCUT2D eigenvalue weighted by Gasteiger charge is -2.36. The van der Waals surface area contributed by atoms with Gasteiger partial charge in [0.25, 0.3) is 0 Å². The third-order valence-electron chi connectivity index (χ3n) is 3.32.